The smallest absolute Gasteiger partial charge is 0.183 e. The van der Waals surface area contributed by atoms with Crippen LogP contribution in [0.4, 0.5) is 5.82 Å². The van der Waals surface area contributed by atoms with Gasteiger partial charge in [-0.15, -0.1) is 0 Å². The molecule has 5 heteroatoms. The Balaban J connectivity index is 0.000000847. The van der Waals surface area contributed by atoms with Gasteiger partial charge in [-0.25, -0.2) is 9.97 Å². The second-order valence-corrected chi connectivity index (χ2v) is 5.75. The topological polar surface area (TPSA) is 47.5 Å². The van der Waals surface area contributed by atoms with Gasteiger partial charge in [-0.1, -0.05) is 34.6 Å². The lowest BCUT2D eigenvalue weighted by Crippen LogP contribution is -2.44. The molecule has 1 saturated heterocycles. The van der Waals surface area contributed by atoms with E-state index in [-0.39, 0.29) is 0 Å². The zero-order valence-electron chi connectivity index (χ0n) is 14.6. The molecule has 1 fully saturated rings. The van der Waals surface area contributed by atoms with E-state index in [9.17, 15) is 0 Å². The lowest BCUT2D eigenvalue weighted by Gasteiger charge is -2.36. The largest absolute Gasteiger partial charge is 0.486 e. The molecule has 2 aliphatic heterocycles. The average molecular weight is 307 g/mol. The van der Waals surface area contributed by atoms with Crippen LogP contribution >= 0.6 is 0 Å². The Morgan fingerprint density at radius 3 is 2.68 bits per heavy atom. The molecule has 3 rings (SSSR count). The van der Waals surface area contributed by atoms with Crippen LogP contribution in [0.1, 0.15) is 58.5 Å². The predicted molar refractivity (Wildman–Crippen MR) is 88.9 cm³/mol. The molecule has 1 unspecified atom stereocenters. The highest BCUT2D eigenvalue weighted by molar-refractivity contribution is 5.57. The number of hydrogen-bond donors (Lipinski definition) is 0. The molecule has 0 N–H and O–H groups in total. The summed E-state index contributed by atoms with van der Waals surface area (Å²) in [4.78, 5) is 11.8. The number of aromatic nitrogens is 2. The molecule has 0 aliphatic carbocycles. The minimum atomic E-state index is 0.328. The van der Waals surface area contributed by atoms with Crippen molar-refractivity contribution in [3.05, 3.63) is 11.5 Å². The summed E-state index contributed by atoms with van der Waals surface area (Å²) in [6.45, 7) is 13.6. The van der Waals surface area contributed by atoms with Gasteiger partial charge in [0.1, 0.15) is 12.4 Å². The van der Waals surface area contributed by atoms with Crippen LogP contribution in [0.2, 0.25) is 0 Å². The standard InChI is InChI=1S/C15H23N3O2.C2H6/c1-4-12-13-15(17-14(16-12)10(2)3)18-6-8-19-7-5-11(18)9-20-13;1-2/h10-11H,4-9H2,1-3H3;1-2H3. The predicted octanol–water partition coefficient (Wildman–Crippen LogP) is 3.18. The molecule has 0 spiro atoms. The molecule has 0 radical (unpaired) electrons. The van der Waals surface area contributed by atoms with Crippen LogP contribution in [-0.2, 0) is 11.2 Å². The summed E-state index contributed by atoms with van der Waals surface area (Å²) in [5.41, 5.74) is 1.03. The Kier molecular flexibility index (Phi) is 6.00. The average Bonchev–Trinajstić information content (AvgIpc) is 2.81. The number of nitrogens with zero attached hydrogens (tertiary/aromatic N) is 3. The second-order valence-electron chi connectivity index (χ2n) is 5.75. The molecule has 1 aromatic rings. The van der Waals surface area contributed by atoms with Gasteiger partial charge in [0.15, 0.2) is 11.6 Å². The van der Waals surface area contributed by atoms with Crippen molar-refractivity contribution in [2.45, 2.75) is 59.4 Å². The van der Waals surface area contributed by atoms with Gasteiger partial charge < -0.3 is 14.4 Å². The third-order valence-electron chi connectivity index (χ3n) is 3.99. The van der Waals surface area contributed by atoms with E-state index in [1.54, 1.807) is 0 Å². The number of ether oxygens (including phenoxy) is 2. The quantitative estimate of drug-likeness (QED) is 0.840. The van der Waals surface area contributed by atoms with E-state index in [4.69, 9.17) is 14.5 Å². The van der Waals surface area contributed by atoms with Crippen LogP contribution in [-0.4, -0.2) is 42.4 Å². The van der Waals surface area contributed by atoms with Crippen LogP contribution in [0.15, 0.2) is 0 Å². The number of hydrogen-bond acceptors (Lipinski definition) is 5. The number of rotatable bonds is 2. The maximum Gasteiger partial charge on any atom is 0.183 e. The first-order chi connectivity index (χ1) is 10.7. The van der Waals surface area contributed by atoms with Crippen molar-refractivity contribution < 1.29 is 9.47 Å². The molecule has 0 saturated carbocycles. The highest BCUT2D eigenvalue weighted by Gasteiger charge is 2.32. The van der Waals surface area contributed by atoms with Gasteiger partial charge in [-0.3, -0.25) is 0 Å². The molecule has 0 bridgehead atoms. The summed E-state index contributed by atoms with van der Waals surface area (Å²) in [5.74, 6) is 3.10. The first-order valence-electron chi connectivity index (χ1n) is 8.58. The molecule has 3 heterocycles. The van der Waals surface area contributed by atoms with Crippen molar-refractivity contribution in [2.75, 3.05) is 31.3 Å². The molecular formula is C17H29N3O2. The Hall–Kier alpha value is -1.36. The first-order valence-corrected chi connectivity index (χ1v) is 8.58. The van der Waals surface area contributed by atoms with E-state index >= 15 is 0 Å². The van der Waals surface area contributed by atoms with Crippen LogP contribution in [0.3, 0.4) is 0 Å². The first kappa shape index (κ1) is 17.0. The third kappa shape index (κ3) is 3.35. The summed E-state index contributed by atoms with van der Waals surface area (Å²) in [5, 5.41) is 0. The van der Waals surface area contributed by atoms with E-state index in [1.807, 2.05) is 13.8 Å². The molecule has 2 aliphatic rings. The van der Waals surface area contributed by atoms with Gasteiger partial charge in [-0.05, 0) is 12.8 Å². The van der Waals surface area contributed by atoms with E-state index in [1.165, 1.54) is 0 Å². The fourth-order valence-corrected chi connectivity index (χ4v) is 2.80. The highest BCUT2D eigenvalue weighted by atomic mass is 16.5. The lowest BCUT2D eigenvalue weighted by molar-refractivity contribution is 0.147. The van der Waals surface area contributed by atoms with Crippen molar-refractivity contribution in [2.24, 2.45) is 0 Å². The van der Waals surface area contributed by atoms with Crippen molar-refractivity contribution in [3.63, 3.8) is 0 Å². The molecular weight excluding hydrogens is 278 g/mol. The Labute approximate surface area is 134 Å². The maximum absolute atomic E-state index is 5.98. The van der Waals surface area contributed by atoms with Gasteiger partial charge >= 0.3 is 0 Å². The minimum absolute atomic E-state index is 0.328. The summed E-state index contributed by atoms with van der Waals surface area (Å²) >= 11 is 0. The van der Waals surface area contributed by atoms with Crippen LogP contribution in [0.25, 0.3) is 0 Å². The normalized spacial score (nSPS) is 20.3. The van der Waals surface area contributed by atoms with E-state index in [0.717, 1.165) is 55.7 Å². The number of fused-ring (bicyclic) bond motifs is 3. The zero-order chi connectivity index (χ0) is 16.1. The van der Waals surface area contributed by atoms with E-state index < -0.39 is 0 Å². The van der Waals surface area contributed by atoms with Crippen molar-refractivity contribution in [3.8, 4) is 5.75 Å². The van der Waals surface area contributed by atoms with Gasteiger partial charge in [0, 0.05) is 19.1 Å². The fraction of sp³-hybridized carbons (Fsp3) is 0.765. The lowest BCUT2D eigenvalue weighted by atomic mass is 10.1. The minimum Gasteiger partial charge on any atom is -0.486 e. The molecule has 124 valence electrons. The van der Waals surface area contributed by atoms with Gasteiger partial charge in [0.25, 0.3) is 0 Å². The monoisotopic (exact) mass is 307 g/mol. The Bertz CT molecular complexity index is 491. The van der Waals surface area contributed by atoms with E-state index in [0.29, 0.717) is 18.6 Å². The number of anilines is 1. The maximum atomic E-state index is 5.98. The fourth-order valence-electron chi connectivity index (χ4n) is 2.80. The SMILES string of the molecule is CC.CCc1nc(C(C)C)nc2c1OCC1CCOCCN21. The molecule has 22 heavy (non-hydrogen) atoms. The van der Waals surface area contributed by atoms with Gasteiger partial charge in [-0.2, -0.15) is 0 Å². The van der Waals surface area contributed by atoms with Crippen molar-refractivity contribution in [1.29, 1.82) is 0 Å². The summed E-state index contributed by atoms with van der Waals surface area (Å²) in [6, 6.07) is 0.379. The molecule has 5 nitrogen and oxygen atoms in total. The van der Waals surface area contributed by atoms with Crippen molar-refractivity contribution in [1.82, 2.24) is 9.97 Å². The third-order valence-corrected chi connectivity index (χ3v) is 3.99. The molecule has 0 amide bonds. The summed E-state index contributed by atoms with van der Waals surface area (Å²) in [7, 11) is 0. The van der Waals surface area contributed by atoms with Gasteiger partial charge in [0.05, 0.1) is 18.3 Å². The van der Waals surface area contributed by atoms with Crippen molar-refractivity contribution >= 4 is 5.82 Å². The highest BCUT2D eigenvalue weighted by Crippen LogP contribution is 2.36. The molecule has 1 aromatic heterocycles. The number of aryl methyl sites for hydroxylation is 1. The van der Waals surface area contributed by atoms with Crippen LogP contribution in [0, 0.1) is 0 Å². The van der Waals surface area contributed by atoms with E-state index in [2.05, 4.69) is 30.7 Å². The Morgan fingerprint density at radius 2 is 2.00 bits per heavy atom. The van der Waals surface area contributed by atoms with Crippen LogP contribution in [0.5, 0.6) is 5.75 Å². The Morgan fingerprint density at radius 1 is 1.23 bits per heavy atom. The summed E-state index contributed by atoms with van der Waals surface area (Å²) < 4.78 is 11.6. The van der Waals surface area contributed by atoms with Gasteiger partial charge in [0.2, 0.25) is 0 Å². The second kappa shape index (κ2) is 7.77. The zero-order valence-corrected chi connectivity index (χ0v) is 14.6. The summed E-state index contributed by atoms with van der Waals surface area (Å²) in [6.07, 6.45) is 1.88. The molecule has 0 aromatic carbocycles. The van der Waals surface area contributed by atoms with Crippen LogP contribution < -0.4 is 9.64 Å². The molecule has 1 atom stereocenters.